The zero-order chi connectivity index (χ0) is 8.29. The molecule has 2 bridgehead atoms. The minimum atomic E-state index is -0.414. The summed E-state index contributed by atoms with van der Waals surface area (Å²) in [4.78, 5) is 0. The standard InChI is InChI=1S/C10H16O2/c11-8-4-7-5-1-2-6(3-5)9(7)10(8)12/h5-12H,1-4H2/t5-,6-,7-,8-,9-,10-/m1/s1. The maximum Gasteiger partial charge on any atom is 0.0832 e. The Kier molecular flexibility index (Phi) is 1.37. The van der Waals surface area contributed by atoms with Gasteiger partial charge in [-0.25, -0.2) is 0 Å². The molecule has 0 amide bonds. The van der Waals surface area contributed by atoms with Gasteiger partial charge >= 0.3 is 0 Å². The van der Waals surface area contributed by atoms with E-state index in [9.17, 15) is 10.2 Å². The zero-order valence-electron chi connectivity index (χ0n) is 7.19. The molecule has 0 aliphatic heterocycles. The Morgan fingerprint density at radius 1 is 0.917 bits per heavy atom. The van der Waals surface area contributed by atoms with Gasteiger partial charge in [0.05, 0.1) is 12.2 Å². The van der Waals surface area contributed by atoms with Gasteiger partial charge in [0.1, 0.15) is 0 Å². The summed E-state index contributed by atoms with van der Waals surface area (Å²) in [6.45, 7) is 0. The van der Waals surface area contributed by atoms with E-state index in [1.54, 1.807) is 0 Å². The minimum absolute atomic E-state index is 0.398. The quantitative estimate of drug-likeness (QED) is 0.561. The van der Waals surface area contributed by atoms with Crippen molar-refractivity contribution in [3.8, 4) is 0 Å². The molecule has 3 aliphatic carbocycles. The van der Waals surface area contributed by atoms with Crippen LogP contribution in [-0.2, 0) is 0 Å². The average molecular weight is 168 g/mol. The Labute approximate surface area is 72.6 Å². The molecule has 12 heavy (non-hydrogen) atoms. The van der Waals surface area contributed by atoms with Gasteiger partial charge in [0.2, 0.25) is 0 Å². The van der Waals surface area contributed by atoms with Crippen LogP contribution in [0.25, 0.3) is 0 Å². The number of fused-ring (bicyclic) bond motifs is 5. The van der Waals surface area contributed by atoms with Crippen LogP contribution in [0.15, 0.2) is 0 Å². The third-order valence-electron chi connectivity index (χ3n) is 4.46. The van der Waals surface area contributed by atoms with Crippen molar-refractivity contribution in [2.45, 2.75) is 37.9 Å². The Morgan fingerprint density at radius 2 is 1.67 bits per heavy atom. The van der Waals surface area contributed by atoms with Gasteiger partial charge in [-0.1, -0.05) is 0 Å². The lowest BCUT2D eigenvalue weighted by Crippen LogP contribution is -2.29. The van der Waals surface area contributed by atoms with E-state index in [-0.39, 0.29) is 0 Å². The van der Waals surface area contributed by atoms with E-state index in [0.717, 1.165) is 18.3 Å². The second-order valence-corrected chi connectivity index (χ2v) is 4.87. The highest BCUT2D eigenvalue weighted by Gasteiger charge is 2.55. The van der Waals surface area contributed by atoms with Crippen molar-refractivity contribution in [1.82, 2.24) is 0 Å². The molecule has 68 valence electrons. The second-order valence-electron chi connectivity index (χ2n) is 4.87. The molecule has 2 heteroatoms. The van der Waals surface area contributed by atoms with Gasteiger partial charge in [-0.2, -0.15) is 0 Å². The van der Waals surface area contributed by atoms with Crippen LogP contribution in [0.1, 0.15) is 25.7 Å². The molecule has 2 N–H and O–H groups in total. The number of hydrogen-bond donors (Lipinski definition) is 2. The van der Waals surface area contributed by atoms with E-state index in [1.807, 2.05) is 0 Å². The SMILES string of the molecule is O[C@H]1[C@@H]2[C@@H]3CC[C@H](C3)[C@H]2C[C@H]1O. The van der Waals surface area contributed by atoms with E-state index >= 15 is 0 Å². The summed E-state index contributed by atoms with van der Waals surface area (Å²) in [5.41, 5.74) is 0. The summed E-state index contributed by atoms with van der Waals surface area (Å²) in [5, 5.41) is 19.3. The molecule has 0 unspecified atom stereocenters. The first-order valence-electron chi connectivity index (χ1n) is 5.13. The molecular formula is C10H16O2. The summed E-state index contributed by atoms with van der Waals surface area (Å²) < 4.78 is 0. The van der Waals surface area contributed by atoms with Crippen molar-refractivity contribution in [2.24, 2.45) is 23.7 Å². The van der Waals surface area contributed by atoms with Crippen molar-refractivity contribution >= 4 is 0 Å². The van der Waals surface area contributed by atoms with E-state index < -0.39 is 12.2 Å². The molecule has 3 rings (SSSR count). The maximum absolute atomic E-state index is 9.74. The monoisotopic (exact) mass is 168 g/mol. The van der Waals surface area contributed by atoms with E-state index in [2.05, 4.69) is 0 Å². The van der Waals surface area contributed by atoms with Crippen LogP contribution >= 0.6 is 0 Å². The van der Waals surface area contributed by atoms with Crippen LogP contribution < -0.4 is 0 Å². The van der Waals surface area contributed by atoms with Gasteiger partial charge in [-0.15, -0.1) is 0 Å². The van der Waals surface area contributed by atoms with Gasteiger partial charge in [0.15, 0.2) is 0 Å². The fraction of sp³-hybridized carbons (Fsp3) is 1.00. The molecule has 0 aromatic carbocycles. The molecular weight excluding hydrogens is 152 g/mol. The van der Waals surface area contributed by atoms with Crippen LogP contribution in [0.3, 0.4) is 0 Å². The highest BCUT2D eigenvalue weighted by atomic mass is 16.3. The molecule has 0 spiro atoms. The molecule has 3 aliphatic rings. The lowest BCUT2D eigenvalue weighted by atomic mass is 9.81. The van der Waals surface area contributed by atoms with Crippen molar-refractivity contribution in [3.05, 3.63) is 0 Å². The summed E-state index contributed by atoms with van der Waals surface area (Å²) in [5.74, 6) is 2.70. The van der Waals surface area contributed by atoms with Gasteiger partial charge in [-0.3, -0.25) is 0 Å². The predicted molar refractivity (Wildman–Crippen MR) is 44.4 cm³/mol. The molecule has 0 radical (unpaired) electrons. The van der Waals surface area contributed by atoms with Crippen molar-refractivity contribution < 1.29 is 10.2 Å². The minimum Gasteiger partial charge on any atom is -0.390 e. The highest BCUT2D eigenvalue weighted by molar-refractivity contribution is 5.05. The largest absolute Gasteiger partial charge is 0.390 e. The fourth-order valence-electron chi connectivity index (χ4n) is 4.01. The molecule has 3 fully saturated rings. The van der Waals surface area contributed by atoms with Crippen molar-refractivity contribution in [1.29, 1.82) is 0 Å². The van der Waals surface area contributed by atoms with Crippen LogP contribution in [-0.4, -0.2) is 22.4 Å². The average Bonchev–Trinajstić information content (AvgIpc) is 2.66. The van der Waals surface area contributed by atoms with Crippen molar-refractivity contribution in [3.63, 3.8) is 0 Å². The Balaban J connectivity index is 1.90. The van der Waals surface area contributed by atoms with Gasteiger partial charge in [0.25, 0.3) is 0 Å². The molecule has 6 atom stereocenters. The molecule has 0 heterocycles. The molecule has 0 aromatic rings. The topological polar surface area (TPSA) is 40.5 Å². The molecule has 0 saturated heterocycles. The first kappa shape index (κ1) is 7.34. The lowest BCUT2D eigenvalue weighted by molar-refractivity contribution is 0.00654. The molecule has 3 saturated carbocycles. The third-order valence-corrected chi connectivity index (χ3v) is 4.46. The van der Waals surface area contributed by atoms with Gasteiger partial charge < -0.3 is 10.2 Å². The Morgan fingerprint density at radius 3 is 2.42 bits per heavy atom. The predicted octanol–water partition coefficient (Wildman–Crippen LogP) is 0.774. The third kappa shape index (κ3) is 0.728. The zero-order valence-corrected chi connectivity index (χ0v) is 7.19. The van der Waals surface area contributed by atoms with Crippen LogP contribution in [0.4, 0.5) is 0 Å². The molecule has 2 nitrogen and oxygen atoms in total. The van der Waals surface area contributed by atoms with Crippen LogP contribution in [0, 0.1) is 23.7 Å². The summed E-state index contributed by atoms with van der Waals surface area (Å²) in [6, 6.07) is 0. The van der Waals surface area contributed by atoms with Crippen LogP contribution in [0.2, 0.25) is 0 Å². The Bertz CT molecular complexity index is 202. The van der Waals surface area contributed by atoms with Gasteiger partial charge in [0, 0.05) is 0 Å². The normalized spacial score (nSPS) is 62.5. The summed E-state index contributed by atoms with van der Waals surface area (Å²) in [6.07, 6.45) is 4.04. The first-order valence-corrected chi connectivity index (χ1v) is 5.13. The van der Waals surface area contributed by atoms with Gasteiger partial charge in [-0.05, 0) is 49.4 Å². The first-order chi connectivity index (χ1) is 5.77. The van der Waals surface area contributed by atoms with E-state index in [1.165, 1.54) is 19.3 Å². The summed E-state index contributed by atoms with van der Waals surface area (Å²) in [7, 11) is 0. The molecule has 0 aromatic heterocycles. The summed E-state index contributed by atoms with van der Waals surface area (Å²) >= 11 is 0. The number of rotatable bonds is 0. The Hall–Kier alpha value is -0.0800. The van der Waals surface area contributed by atoms with E-state index in [0.29, 0.717) is 11.8 Å². The van der Waals surface area contributed by atoms with Crippen LogP contribution in [0.5, 0.6) is 0 Å². The fourth-order valence-corrected chi connectivity index (χ4v) is 4.01. The second kappa shape index (κ2) is 2.24. The lowest BCUT2D eigenvalue weighted by Gasteiger charge is -2.25. The van der Waals surface area contributed by atoms with Crippen molar-refractivity contribution in [2.75, 3.05) is 0 Å². The number of aliphatic hydroxyl groups excluding tert-OH is 2. The smallest absolute Gasteiger partial charge is 0.0832 e. The number of aliphatic hydroxyl groups is 2. The van der Waals surface area contributed by atoms with E-state index in [4.69, 9.17) is 0 Å². The number of hydrogen-bond acceptors (Lipinski definition) is 2. The highest BCUT2D eigenvalue weighted by Crippen LogP contribution is 2.58. The maximum atomic E-state index is 9.74.